The molecular weight excluding hydrogens is 574 g/mol. The SMILES string of the molecule is C[N+](C)(C)C[C@@H](c1c[nH]c2cc(Br)ccc12)c1c(=O)c([NH+]=C(O)CS(=O)(=O)[O-])c2[nH]ccc3[nH]ccc1c32. The third-order valence-corrected chi connectivity index (χ3v) is 7.60. The van der Waals surface area contributed by atoms with Gasteiger partial charge in [-0.25, -0.2) is 8.42 Å². The number of H-pyrrole nitrogens is 3. The Morgan fingerprint density at radius 1 is 1.08 bits per heavy atom. The fourth-order valence-electron chi connectivity index (χ4n) is 5.10. The van der Waals surface area contributed by atoms with Crippen LogP contribution in [-0.2, 0) is 10.1 Å². The fourth-order valence-corrected chi connectivity index (χ4v) is 5.87. The number of nitrogens with zero attached hydrogens (tertiary/aromatic N) is 1. The van der Waals surface area contributed by atoms with Crippen LogP contribution >= 0.6 is 15.9 Å². The first kappa shape index (κ1) is 26.2. The van der Waals surface area contributed by atoms with Crippen LogP contribution in [0, 0.1) is 0 Å². The van der Waals surface area contributed by atoms with E-state index < -0.39 is 27.2 Å². The lowest BCUT2D eigenvalue weighted by atomic mass is 9.85. The number of rotatable bonds is 7. The van der Waals surface area contributed by atoms with Crippen LogP contribution in [0.1, 0.15) is 17.0 Å². The molecule has 1 atom stereocenters. The fraction of sp³-hybridized carbons (Fsp3) is 0.231. The molecule has 0 amide bonds. The summed E-state index contributed by atoms with van der Waals surface area (Å²) >= 11 is 3.51. The summed E-state index contributed by atoms with van der Waals surface area (Å²) in [7, 11) is 1.36. The van der Waals surface area contributed by atoms with Crippen molar-refractivity contribution in [3.8, 4) is 0 Å². The molecule has 3 aromatic heterocycles. The molecule has 10 nitrogen and oxygen atoms in total. The lowest BCUT2D eigenvalue weighted by Gasteiger charge is -2.30. The molecular formula is C26H27BrN5O5S+. The van der Waals surface area contributed by atoms with Crippen molar-refractivity contribution >= 4 is 70.3 Å². The monoisotopic (exact) mass is 600 g/mol. The summed E-state index contributed by atoms with van der Waals surface area (Å²) in [5.41, 5.74) is 3.02. The van der Waals surface area contributed by atoms with Crippen LogP contribution in [0.5, 0.6) is 0 Å². The molecule has 2 aromatic carbocycles. The summed E-state index contributed by atoms with van der Waals surface area (Å²) in [6.45, 7) is 0.563. The summed E-state index contributed by atoms with van der Waals surface area (Å²) in [6, 6.07) is 9.61. The molecule has 0 bridgehead atoms. The molecule has 38 heavy (non-hydrogen) atoms. The van der Waals surface area contributed by atoms with Crippen LogP contribution in [-0.4, -0.2) is 76.9 Å². The molecule has 0 unspecified atom stereocenters. The average molecular weight is 602 g/mol. The van der Waals surface area contributed by atoms with Gasteiger partial charge in [-0.05, 0) is 35.2 Å². The molecule has 0 spiro atoms. The molecule has 0 fully saturated rings. The summed E-state index contributed by atoms with van der Waals surface area (Å²) in [6.07, 6.45) is 5.33. The quantitative estimate of drug-likeness (QED) is 0.0838. The summed E-state index contributed by atoms with van der Waals surface area (Å²) < 4.78 is 35.3. The Labute approximate surface area is 226 Å². The maximum absolute atomic E-state index is 14.3. The number of aliphatic hydroxyl groups is 1. The van der Waals surface area contributed by atoms with Gasteiger partial charge in [0.15, 0.2) is 5.75 Å². The third-order valence-electron chi connectivity index (χ3n) is 6.48. The van der Waals surface area contributed by atoms with Crippen LogP contribution in [0.15, 0.2) is 58.2 Å². The van der Waals surface area contributed by atoms with E-state index in [-0.39, 0.29) is 11.6 Å². The molecule has 0 aliphatic heterocycles. The number of aromatic amines is 3. The highest BCUT2D eigenvalue weighted by Crippen LogP contribution is 2.37. The van der Waals surface area contributed by atoms with Gasteiger partial charge in [0, 0.05) is 50.4 Å². The molecule has 0 saturated carbocycles. The minimum absolute atomic E-state index is 0.0344. The van der Waals surface area contributed by atoms with Crippen molar-refractivity contribution in [1.29, 1.82) is 0 Å². The summed E-state index contributed by atoms with van der Waals surface area (Å²) in [5.74, 6) is -2.36. The predicted octanol–water partition coefficient (Wildman–Crippen LogP) is 2.31. The van der Waals surface area contributed by atoms with Crippen molar-refractivity contribution in [2.24, 2.45) is 0 Å². The number of quaternary nitrogens is 1. The zero-order valence-corrected chi connectivity index (χ0v) is 23.3. The molecule has 0 aliphatic carbocycles. The van der Waals surface area contributed by atoms with Crippen LogP contribution in [0.25, 0.3) is 32.7 Å². The van der Waals surface area contributed by atoms with Gasteiger partial charge in [-0.3, -0.25) is 4.79 Å². The van der Waals surface area contributed by atoms with Gasteiger partial charge >= 0.3 is 5.90 Å². The molecule has 12 heteroatoms. The molecule has 198 valence electrons. The molecule has 5 aromatic rings. The highest BCUT2D eigenvalue weighted by atomic mass is 79.9. The van der Waals surface area contributed by atoms with E-state index in [1.807, 2.05) is 57.7 Å². The van der Waals surface area contributed by atoms with Gasteiger partial charge in [-0.15, -0.1) is 0 Å². The summed E-state index contributed by atoms with van der Waals surface area (Å²) in [4.78, 5) is 26.4. The Morgan fingerprint density at radius 3 is 2.53 bits per heavy atom. The van der Waals surface area contributed by atoms with Gasteiger partial charge in [0.2, 0.25) is 0 Å². The van der Waals surface area contributed by atoms with Crippen molar-refractivity contribution in [2.45, 2.75) is 5.92 Å². The molecule has 5 N–H and O–H groups in total. The Morgan fingerprint density at radius 2 is 1.82 bits per heavy atom. The highest BCUT2D eigenvalue weighted by Gasteiger charge is 2.32. The van der Waals surface area contributed by atoms with Gasteiger partial charge in [-0.1, -0.05) is 22.0 Å². The second-order valence-corrected chi connectivity index (χ2v) is 12.7. The number of aromatic nitrogens is 3. The zero-order valence-electron chi connectivity index (χ0n) is 20.9. The van der Waals surface area contributed by atoms with E-state index in [1.165, 1.54) is 0 Å². The number of hydrogen-bond acceptors (Lipinski definition) is 4. The Kier molecular flexibility index (Phi) is 6.46. The maximum atomic E-state index is 14.3. The van der Waals surface area contributed by atoms with Crippen LogP contribution in [0.4, 0.5) is 5.69 Å². The van der Waals surface area contributed by atoms with Crippen LogP contribution < -0.4 is 10.4 Å². The molecule has 0 aliphatic rings. The van der Waals surface area contributed by atoms with Crippen molar-refractivity contribution in [2.75, 3.05) is 33.4 Å². The maximum Gasteiger partial charge on any atom is 0.352 e. The normalized spacial score (nSPS) is 14.1. The number of likely N-dealkylation sites (N-methyl/N-ethyl adjacent to an activating group) is 1. The first-order valence-electron chi connectivity index (χ1n) is 11.8. The van der Waals surface area contributed by atoms with E-state index >= 15 is 0 Å². The summed E-state index contributed by atoms with van der Waals surface area (Å²) in [5, 5.41) is 12.7. The third kappa shape index (κ3) is 4.99. The molecule has 3 heterocycles. The number of pyridine rings is 2. The van der Waals surface area contributed by atoms with E-state index in [1.54, 1.807) is 12.4 Å². The zero-order chi connectivity index (χ0) is 27.4. The molecule has 5 rings (SSSR count). The van der Waals surface area contributed by atoms with Crippen molar-refractivity contribution < 1.29 is 27.6 Å². The van der Waals surface area contributed by atoms with E-state index in [9.17, 15) is 22.9 Å². The number of halogens is 1. The second kappa shape index (κ2) is 9.38. The average Bonchev–Trinajstić information content (AvgIpc) is 3.22. The first-order chi connectivity index (χ1) is 17.8. The van der Waals surface area contributed by atoms with Crippen molar-refractivity contribution in [1.82, 2.24) is 15.0 Å². The second-order valence-electron chi connectivity index (χ2n) is 10.4. The minimum atomic E-state index is -4.78. The van der Waals surface area contributed by atoms with Gasteiger partial charge in [-0.2, -0.15) is 4.99 Å². The topological polar surface area (TPSA) is 156 Å². The van der Waals surface area contributed by atoms with Gasteiger partial charge < -0.3 is 29.1 Å². The minimum Gasteiger partial charge on any atom is -0.747 e. The predicted molar refractivity (Wildman–Crippen MR) is 150 cm³/mol. The number of benzene rings is 2. The van der Waals surface area contributed by atoms with Crippen LogP contribution in [0.3, 0.4) is 0 Å². The van der Waals surface area contributed by atoms with Crippen molar-refractivity contribution in [3.63, 3.8) is 0 Å². The number of fused-ring (bicyclic) bond motifs is 1. The highest BCUT2D eigenvalue weighted by molar-refractivity contribution is 9.10. The van der Waals surface area contributed by atoms with Gasteiger partial charge in [0.05, 0.1) is 33.6 Å². The van der Waals surface area contributed by atoms with Gasteiger partial charge in [0.1, 0.15) is 15.6 Å². The number of hydrogen-bond donors (Lipinski definition) is 5. The standard InChI is InChI=1S/C26H26BrN5O5S/c1-32(2,3)12-18(17-11-30-20-10-14(27)4-5-15(17)20)22-16-6-8-28-19-7-9-29-24(23(16)19)25(26(22)34)31-21(33)13-38(35,36)37/h4-11,18,30H,12-13H2,1-3H3,(H3-,28,29,31,33,34,35,36,37)/p+1/t18-/m0/s1. The van der Waals surface area contributed by atoms with E-state index in [0.29, 0.717) is 27.5 Å². The largest absolute Gasteiger partial charge is 0.747 e. The lowest BCUT2D eigenvalue weighted by Crippen LogP contribution is -2.70. The van der Waals surface area contributed by atoms with Crippen molar-refractivity contribution in [3.05, 3.63) is 74.7 Å². The number of nitrogens with one attached hydrogen (secondary N) is 4. The Hall–Kier alpha value is -3.45. The molecule has 0 radical (unpaired) electrons. The lowest BCUT2D eigenvalue weighted by molar-refractivity contribution is -0.871. The van der Waals surface area contributed by atoms with E-state index in [2.05, 4.69) is 35.9 Å². The Bertz CT molecular complexity index is 1890. The first-order valence-corrected chi connectivity index (χ1v) is 14.2. The van der Waals surface area contributed by atoms with E-state index in [4.69, 9.17) is 0 Å². The number of aliphatic hydroxyl groups excluding tert-OH is 1. The smallest absolute Gasteiger partial charge is 0.352 e. The van der Waals surface area contributed by atoms with Gasteiger partial charge in [0.25, 0.3) is 11.1 Å². The molecule has 0 saturated heterocycles. The Balaban J connectivity index is 1.89. The van der Waals surface area contributed by atoms with Crippen LogP contribution in [0.2, 0.25) is 0 Å². The van der Waals surface area contributed by atoms with E-state index in [0.717, 1.165) is 31.8 Å².